The van der Waals surface area contributed by atoms with Gasteiger partial charge in [0.25, 0.3) is 6.01 Å². The van der Waals surface area contributed by atoms with Gasteiger partial charge in [-0.2, -0.15) is 4.98 Å². The quantitative estimate of drug-likeness (QED) is 0.209. The van der Waals surface area contributed by atoms with Crippen molar-refractivity contribution in [1.29, 1.82) is 0 Å². The molecule has 0 bridgehead atoms. The van der Waals surface area contributed by atoms with Crippen LogP contribution < -0.4 is 10.4 Å². The Hall–Kier alpha value is -3.78. The number of fused-ring (bicyclic) bond motifs is 1. The smallest absolute Gasteiger partial charge is 0.342 e. The van der Waals surface area contributed by atoms with Crippen molar-refractivity contribution in [2.45, 2.75) is 73.8 Å². The van der Waals surface area contributed by atoms with Crippen molar-refractivity contribution < 1.29 is 19.4 Å². The van der Waals surface area contributed by atoms with Crippen molar-refractivity contribution in [1.82, 2.24) is 14.4 Å². The normalized spacial score (nSPS) is 20.7. The number of phenols is 1. The third-order valence-electron chi connectivity index (χ3n) is 9.28. The van der Waals surface area contributed by atoms with Gasteiger partial charge in [0, 0.05) is 34.5 Å². The van der Waals surface area contributed by atoms with E-state index in [1.807, 2.05) is 12.1 Å². The third-order valence-corrected chi connectivity index (χ3v) is 9.53. The number of carbonyl (C=O) groups is 1. The minimum Gasteiger partial charge on any atom is -0.508 e. The van der Waals surface area contributed by atoms with Crippen molar-refractivity contribution in [2.24, 2.45) is 28.6 Å². The van der Waals surface area contributed by atoms with Crippen LogP contribution in [0.25, 0.3) is 16.8 Å². The second-order valence-electron chi connectivity index (χ2n) is 14.6. The molecule has 2 atom stereocenters. The lowest BCUT2D eigenvalue weighted by Crippen LogP contribution is -2.49. The van der Waals surface area contributed by atoms with Gasteiger partial charge in [-0.15, -0.1) is 0 Å². The predicted octanol–water partition coefficient (Wildman–Crippen LogP) is 7.93. The minimum absolute atomic E-state index is 0.00971. The second-order valence-corrected chi connectivity index (χ2v) is 15.1. The van der Waals surface area contributed by atoms with E-state index in [-0.39, 0.29) is 58.2 Å². The first-order valence-corrected chi connectivity index (χ1v) is 15.9. The summed E-state index contributed by atoms with van der Waals surface area (Å²) in [6.07, 6.45) is 1.84. The molecule has 0 aliphatic heterocycles. The number of carbonyl (C=O) groups excluding carboxylic acids is 1. The van der Waals surface area contributed by atoms with E-state index in [1.54, 1.807) is 36.4 Å². The van der Waals surface area contributed by atoms with Gasteiger partial charge in [0.2, 0.25) is 0 Å². The Bertz CT molecular complexity index is 1720. The number of ether oxygens (including phenoxy) is 2. The van der Waals surface area contributed by atoms with Gasteiger partial charge in [0.1, 0.15) is 17.4 Å². The fraction of sp³-hybridized carbons (Fsp3) is 0.472. The number of phenolic OH excluding ortho intramolecular Hbond substituents is 1. The molecule has 2 aromatic carbocycles. The van der Waals surface area contributed by atoms with Gasteiger partial charge >= 0.3 is 11.7 Å². The number of hydrogen-bond acceptors (Lipinski definition) is 6. The number of nitrogens with one attached hydrogen (secondary N) is 1. The van der Waals surface area contributed by atoms with Crippen LogP contribution in [0.15, 0.2) is 53.3 Å². The van der Waals surface area contributed by atoms with E-state index in [9.17, 15) is 14.7 Å². The molecule has 4 aromatic rings. The van der Waals surface area contributed by atoms with Gasteiger partial charge in [-0.05, 0) is 65.0 Å². The van der Waals surface area contributed by atoms with Crippen LogP contribution in [0, 0.1) is 28.6 Å². The highest BCUT2D eigenvalue weighted by molar-refractivity contribution is 6.30. The second kappa shape index (κ2) is 12.2. The predicted molar refractivity (Wildman–Crippen MR) is 177 cm³/mol. The van der Waals surface area contributed by atoms with Crippen molar-refractivity contribution in [2.75, 3.05) is 7.11 Å². The maximum absolute atomic E-state index is 14.7. The number of aromatic nitrogens is 3. The van der Waals surface area contributed by atoms with Crippen LogP contribution in [-0.4, -0.2) is 38.7 Å². The summed E-state index contributed by atoms with van der Waals surface area (Å²) in [4.78, 5) is 35.7. The Labute approximate surface area is 269 Å². The lowest BCUT2D eigenvalue weighted by molar-refractivity contribution is -0.0922. The van der Waals surface area contributed by atoms with Gasteiger partial charge in [0.15, 0.2) is 5.65 Å². The molecule has 1 saturated carbocycles. The molecular formula is C36H44ClN3O5. The molecular weight excluding hydrogens is 590 g/mol. The maximum Gasteiger partial charge on any atom is 0.342 e. The molecule has 0 spiro atoms. The molecule has 2 aromatic heterocycles. The van der Waals surface area contributed by atoms with E-state index in [2.05, 4.69) is 58.4 Å². The van der Waals surface area contributed by atoms with Crippen LogP contribution in [-0.2, 0) is 11.2 Å². The van der Waals surface area contributed by atoms with Crippen molar-refractivity contribution >= 4 is 23.2 Å². The van der Waals surface area contributed by atoms with Crippen LogP contribution in [0.4, 0.5) is 0 Å². The summed E-state index contributed by atoms with van der Waals surface area (Å²) < 4.78 is 13.5. The fourth-order valence-electron chi connectivity index (χ4n) is 6.95. The third kappa shape index (κ3) is 6.62. The molecule has 1 aliphatic carbocycles. The average molecular weight is 634 g/mol. The molecule has 240 valence electrons. The molecule has 5 rings (SSSR count). The number of nitrogens with zero attached hydrogens (tertiary/aromatic N) is 2. The van der Waals surface area contributed by atoms with E-state index in [1.165, 1.54) is 11.5 Å². The number of H-pyrrole nitrogens is 1. The summed E-state index contributed by atoms with van der Waals surface area (Å²) in [6, 6.07) is 13.9. The monoisotopic (exact) mass is 633 g/mol. The van der Waals surface area contributed by atoms with Crippen LogP contribution in [0.5, 0.6) is 11.8 Å². The highest BCUT2D eigenvalue weighted by Gasteiger charge is 2.48. The first-order valence-electron chi connectivity index (χ1n) is 15.5. The summed E-state index contributed by atoms with van der Waals surface area (Å²) >= 11 is 6.28. The molecule has 1 aliphatic rings. The van der Waals surface area contributed by atoms with Gasteiger partial charge in [-0.1, -0.05) is 84.3 Å². The lowest BCUT2D eigenvalue weighted by atomic mass is 9.59. The van der Waals surface area contributed by atoms with Crippen molar-refractivity contribution in [3.8, 4) is 22.9 Å². The van der Waals surface area contributed by atoms with Crippen LogP contribution in [0.2, 0.25) is 5.02 Å². The number of methoxy groups -OCH3 is 1. The molecule has 1 fully saturated rings. The number of aromatic hydroxyl groups is 1. The van der Waals surface area contributed by atoms with Crippen LogP contribution in [0.3, 0.4) is 0 Å². The van der Waals surface area contributed by atoms with E-state index in [4.69, 9.17) is 21.1 Å². The molecule has 2 N–H and O–H groups in total. The van der Waals surface area contributed by atoms with Crippen LogP contribution in [0.1, 0.15) is 82.9 Å². The van der Waals surface area contributed by atoms with Gasteiger partial charge < -0.3 is 14.6 Å². The number of benzene rings is 2. The zero-order valence-corrected chi connectivity index (χ0v) is 28.2. The summed E-state index contributed by atoms with van der Waals surface area (Å²) in [5.74, 6) is 0.357. The summed E-state index contributed by atoms with van der Waals surface area (Å²) in [5, 5.41) is 10.4. The molecule has 0 radical (unpaired) electrons. The first-order chi connectivity index (χ1) is 21.1. The minimum atomic E-state index is -0.530. The Kier molecular flexibility index (Phi) is 8.84. The Morgan fingerprint density at radius 3 is 2.11 bits per heavy atom. The number of esters is 1. The molecule has 8 nitrogen and oxygen atoms in total. The maximum atomic E-state index is 14.7. The molecule has 45 heavy (non-hydrogen) atoms. The fourth-order valence-corrected chi connectivity index (χ4v) is 7.07. The van der Waals surface area contributed by atoms with Gasteiger partial charge in [-0.3, -0.25) is 4.98 Å². The average Bonchev–Trinajstić information content (AvgIpc) is 3.28. The van der Waals surface area contributed by atoms with Gasteiger partial charge in [0.05, 0.1) is 7.11 Å². The number of aromatic amines is 1. The highest BCUT2D eigenvalue weighted by atomic mass is 35.5. The SMILES string of the molecule is COc1nc2c(C(=O)OC3C(C(C)(C)C)CC(C)CC3C(C)(C)C)c(-c3ccc(Cl)cc3)c(Cc3ccc(O)cc3)n2c(=O)[nH]1. The summed E-state index contributed by atoms with van der Waals surface area (Å²) in [7, 11) is 1.41. The van der Waals surface area contributed by atoms with E-state index in [0.717, 1.165) is 18.4 Å². The molecule has 2 heterocycles. The lowest BCUT2D eigenvalue weighted by Gasteiger charge is -2.50. The number of hydrogen-bond donors (Lipinski definition) is 2. The zero-order valence-electron chi connectivity index (χ0n) is 27.4. The van der Waals surface area contributed by atoms with Crippen molar-refractivity contribution in [3.05, 3.63) is 80.9 Å². The molecule has 9 heteroatoms. The van der Waals surface area contributed by atoms with E-state index in [0.29, 0.717) is 27.8 Å². The number of rotatable bonds is 6. The Morgan fingerprint density at radius 2 is 1.58 bits per heavy atom. The number of halogens is 1. The van der Waals surface area contributed by atoms with E-state index >= 15 is 0 Å². The van der Waals surface area contributed by atoms with Crippen LogP contribution >= 0.6 is 11.6 Å². The van der Waals surface area contributed by atoms with Crippen molar-refractivity contribution in [3.63, 3.8) is 0 Å². The Balaban J connectivity index is 1.76. The summed E-state index contributed by atoms with van der Waals surface area (Å²) in [6.45, 7) is 15.6. The summed E-state index contributed by atoms with van der Waals surface area (Å²) in [5.41, 5.74) is 2.28. The first kappa shape index (κ1) is 32.6. The van der Waals surface area contributed by atoms with Gasteiger partial charge in [-0.25, -0.2) is 14.0 Å². The standard InChI is InChI=1S/C36H44ClN3O5/c1-20-17-25(35(2,3)4)30(26(18-20)36(5,6)7)45-32(42)29-28(22-11-13-23(37)14-12-22)27(19-21-9-15-24(41)16-10-21)40-31(29)38-33(44-8)39-34(40)43/h9-16,20,25-26,30,41H,17-19H2,1-8H3,(H,38,39,43). The zero-order chi connectivity index (χ0) is 32.8. The highest BCUT2D eigenvalue weighted by Crippen LogP contribution is 2.50. The topological polar surface area (TPSA) is 106 Å². The van der Waals surface area contributed by atoms with E-state index < -0.39 is 11.7 Å². The molecule has 0 saturated heterocycles. The Morgan fingerprint density at radius 1 is 1.00 bits per heavy atom. The molecule has 0 amide bonds. The largest absolute Gasteiger partial charge is 0.508 e. The molecule has 2 unspecified atom stereocenters.